The summed E-state index contributed by atoms with van der Waals surface area (Å²) in [5.41, 5.74) is 2.36. The van der Waals surface area contributed by atoms with Crippen LogP contribution in [0.5, 0.6) is 0 Å². The summed E-state index contributed by atoms with van der Waals surface area (Å²) >= 11 is 0. The molecule has 0 aliphatic heterocycles. The maximum Gasteiger partial charge on any atom is 0.255 e. The lowest BCUT2D eigenvalue weighted by molar-refractivity contribution is 0.102. The molecule has 0 saturated carbocycles. The molecule has 1 N–H and O–H groups in total. The Morgan fingerprint density at radius 3 is 2.63 bits per heavy atom. The van der Waals surface area contributed by atoms with Crippen molar-refractivity contribution in [3.63, 3.8) is 0 Å². The summed E-state index contributed by atoms with van der Waals surface area (Å²) in [5.74, 6) is 0.336. The van der Waals surface area contributed by atoms with E-state index in [1.807, 2.05) is 24.3 Å². The molecular weight excluding hydrogens is 340 g/mol. The van der Waals surface area contributed by atoms with Crippen LogP contribution >= 0.6 is 0 Å². The van der Waals surface area contributed by atoms with Gasteiger partial charge in [-0.2, -0.15) is 5.10 Å². The van der Waals surface area contributed by atoms with Crippen LogP contribution in [0.2, 0.25) is 0 Å². The topological polar surface area (TPSA) is 75.9 Å². The van der Waals surface area contributed by atoms with E-state index >= 15 is 0 Å². The number of carbonyl (C=O) groups is 1. The number of pyridine rings is 1. The van der Waals surface area contributed by atoms with E-state index in [1.54, 1.807) is 24.7 Å². The highest BCUT2D eigenvalue weighted by Crippen LogP contribution is 2.17. The van der Waals surface area contributed by atoms with Gasteiger partial charge in [-0.3, -0.25) is 9.69 Å². The number of amides is 1. The number of hydrogen-bond donors (Lipinski definition) is 1. The van der Waals surface area contributed by atoms with Crippen molar-refractivity contribution < 1.29 is 4.79 Å². The van der Waals surface area contributed by atoms with Gasteiger partial charge in [-0.05, 0) is 50.2 Å². The van der Waals surface area contributed by atoms with Crippen LogP contribution in [0.15, 0.2) is 55.2 Å². The molecule has 1 amide bonds. The van der Waals surface area contributed by atoms with Crippen LogP contribution in [0, 0.1) is 0 Å². The van der Waals surface area contributed by atoms with Gasteiger partial charge in [0.25, 0.3) is 5.91 Å². The van der Waals surface area contributed by atoms with E-state index in [0.29, 0.717) is 23.1 Å². The Kier molecular flexibility index (Phi) is 5.93. The molecule has 3 aromatic rings. The van der Waals surface area contributed by atoms with Gasteiger partial charge in [0, 0.05) is 24.3 Å². The minimum absolute atomic E-state index is 0.188. The van der Waals surface area contributed by atoms with E-state index in [-0.39, 0.29) is 5.91 Å². The number of rotatable bonds is 7. The quantitative estimate of drug-likeness (QED) is 0.697. The zero-order chi connectivity index (χ0) is 19.2. The molecule has 0 saturated heterocycles. The number of anilines is 1. The van der Waals surface area contributed by atoms with Crippen LogP contribution in [0.3, 0.4) is 0 Å². The van der Waals surface area contributed by atoms with Crippen molar-refractivity contribution >= 4 is 11.6 Å². The molecule has 7 heteroatoms. The summed E-state index contributed by atoms with van der Waals surface area (Å²) in [6, 6.07) is 11.7. The molecule has 3 rings (SSSR count). The summed E-state index contributed by atoms with van der Waals surface area (Å²) in [6.07, 6.45) is 4.62. The smallest absolute Gasteiger partial charge is 0.255 e. The summed E-state index contributed by atoms with van der Waals surface area (Å²) in [7, 11) is 0. The predicted molar refractivity (Wildman–Crippen MR) is 105 cm³/mol. The standard InChI is InChI=1S/C20H24N6O/c1-4-25(15(2)3)12-16-7-9-17(10-8-16)20(27)24-18-6-5-11-22-19(18)26-14-21-13-23-26/h5-11,13-15H,4,12H2,1-3H3,(H,24,27). The molecule has 0 spiro atoms. The molecule has 7 nitrogen and oxygen atoms in total. The lowest BCUT2D eigenvalue weighted by Gasteiger charge is -2.24. The zero-order valence-electron chi connectivity index (χ0n) is 15.8. The third-order valence-electron chi connectivity index (χ3n) is 4.41. The second-order valence-electron chi connectivity index (χ2n) is 6.52. The summed E-state index contributed by atoms with van der Waals surface area (Å²) in [4.78, 5) is 23.2. The highest BCUT2D eigenvalue weighted by Gasteiger charge is 2.12. The van der Waals surface area contributed by atoms with Gasteiger partial charge >= 0.3 is 0 Å². The molecule has 0 aliphatic carbocycles. The molecule has 0 atom stereocenters. The molecule has 27 heavy (non-hydrogen) atoms. The number of carbonyl (C=O) groups excluding carboxylic acids is 1. The van der Waals surface area contributed by atoms with Crippen molar-refractivity contribution in [2.24, 2.45) is 0 Å². The first kappa shape index (κ1) is 18.7. The first-order valence-corrected chi connectivity index (χ1v) is 9.03. The van der Waals surface area contributed by atoms with Crippen LogP contribution in [-0.2, 0) is 6.54 Å². The van der Waals surface area contributed by atoms with Crippen molar-refractivity contribution in [2.45, 2.75) is 33.4 Å². The lowest BCUT2D eigenvalue weighted by Crippen LogP contribution is -2.29. The number of nitrogens with zero attached hydrogens (tertiary/aromatic N) is 5. The average molecular weight is 364 g/mol. The Balaban J connectivity index is 1.72. The third kappa shape index (κ3) is 4.57. The molecule has 0 fully saturated rings. The van der Waals surface area contributed by atoms with Gasteiger partial charge in [0.2, 0.25) is 0 Å². The first-order chi connectivity index (χ1) is 13.1. The second-order valence-corrected chi connectivity index (χ2v) is 6.52. The van der Waals surface area contributed by atoms with Crippen molar-refractivity contribution in [1.29, 1.82) is 0 Å². The molecule has 1 aromatic carbocycles. The minimum atomic E-state index is -0.188. The fourth-order valence-corrected chi connectivity index (χ4v) is 2.84. The fraction of sp³-hybridized carbons (Fsp3) is 0.300. The number of nitrogens with one attached hydrogen (secondary N) is 1. The van der Waals surface area contributed by atoms with Gasteiger partial charge in [0.05, 0.1) is 5.69 Å². The van der Waals surface area contributed by atoms with Gasteiger partial charge < -0.3 is 5.32 Å². The Morgan fingerprint density at radius 1 is 1.22 bits per heavy atom. The largest absolute Gasteiger partial charge is 0.319 e. The average Bonchev–Trinajstić information content (AvgIpc) is 3.21. The van der Waals surface area contributed by atoms with Crippen LogP contribution in [0.4, 0.5) is 5.69 Å². The highest BCUT2D eigenvalue weighted by molar-refractivity contribution is 6.05. The van der Waals surface area contributed by atoms with Crippen LogP contribution < -0.4 is 5.32 Å². The second kappa shape index (κ2) is 8.55. The summed E-state index contributed by atoms with van der Waals surface area (Å²) < 4.78 is 1.52. The Morgan fingerprint density at radius 2 is 2.00 bits per heavy atom. The predicted octanol–water partition coefficient (Wildman–Crippen LogP) is 3.14. The highest BCUT2D eigenvalue weighted by atomic mass is 16.1. The third-order valence-corrected chi connectivity index (χ3v) is 4.41. The SMILES string of the molecule is CCN(Cc1ccc(C(=O)Nc2cccnc2-n2cncn2)cc1)C(C)C. The van der Waals surface area contributed by atoms with E-state index in [1.165, 1.54) is 16.6 Å². The minimum Gasteiger partial charge on any atom is -0.319 e. The summed E-state index contributed by atoms with van der Waals surface area (Å²) in [6.45, 7) is 8.39. The van der Waals surface area contributed by atoms with Crippen molar-refractivity contribution in [1.82, 2.24) is 24.6 Å². The molecule has 0 unspecified atom stereocenters. The van der Waals surface area contributed by atoms with Gasteiger partial charge in [0.15, 0.2) is 5.82 Å². The monoisotopic (exact) mass is 364 g/mol. The van der Waals surface area contributed by atoms with Crippen molar-refractivity contribution in [3.05, 3.63) is 66.4 Å². The lowest BCUT2D eigenvalue weighted by atomic mass is 10.1. The zero-order valence-corrected chi connectivity index (χ0v) is 15.8. The summed E-state index contributed by atoms with van der Waals surface area (Å²) in [5, 5.41) is 6.98. The normalized spacial score (nSPS) is 11.1. The fourth-order valence-electron chi connectivity index (χ4n) is 2.84. The van der Waals surface area contributed by atoms with Crippen LogP contribution in [0.1, 0.15) is 36.7 Å². The van der Waals surface area contributed by atoms with E-state index < -0.39 is 0 Å². The van der Waals surface area contributed by atoms with Gasteiger partial charge in [-0.15, -0.1) is 0 Å². The van der Waals surface area contributed by atoms with Crippen LogP contribution in [0.25, 0.3) is 5.82 Å². The molecule has 0 radical (unpaired) electrons. The first-order valence-electron chi connectivity index (χ1n) is 9.03. The van der Waals surface area contributed by atoms with Crippen molar-refractivity contribution in [2.75, 3.05) is 11.9 Å². The number of hydrogen-bond acceptors (Lipinski definition) is 5. The van der Waals surface area contributed by atoms with E-state index in [4.69, 9.17) is 0 Å². The maximum absolute atomic E-state index is 12.6. The van der Waals surface area contributed by atoms with E-state index in [9.17, 15) is 4.79 Å². The van der Waals surface area contributed by atoms with Crippen LogP contribution in [-0.4, -0.2) is 43.1 Å². The Bertz CT molecular complexity index is 874. The Hall–Kier alpha value is -3.06. The Labute approximate surface area is 159 Å². The van der Waals surface area contributed by atoms with E-state index in [2.05, 4.69) is 46.1 Å². The van der Waals surface area contributed by atoms with Gasteiger partial charge in [-0.1, -0.05) is 19.1 Å². The molecule has 2 aromatic heterocycles. The van der Waals surface area contributed by atoms with Crippen molar-refractivity contribution in [3.8, 4) is 5.82 Å². The molecular formula is C20H24N6O. The molecule has 2 heterocycles. The number of aromatic nitrogens is 4. The van der Waals surface area contributed by atoms with E-state index in [0.717, 1.165) is 13.1 Å². The molecule has 0 bridgehead atoms. The number of benzene rings is 1. The van der Waals surface area contributed by atoms with Gasteiger partial charge in [0.1, 0.15) is 12.7 Å². The maximum atomic E-state index is 12.6. The molecule has 140 valence electrons. The molecule has 0 aliphatic rings. The van der Waals surface area contributed by atoms with Gasteiger partial charge in [-0.25, -0.2) is 14.6 Å².